The molecule has 0 bridgehead atoms. The van der Waals surface area contributed by atoms with Crippen LogP contribution in [0, 0.1) is 0 Å². The molecule has 0 aromatic carbocycles. The molecule has 1 atom stereocenters. The third kappa shape index (κ3) is 4.37. The SMILES string of the molecule is NCC1CCCCN1S(=O)(=O)NCCN1CCOCC1. The van der Waals surface area contributed by atoms with E-state index in [-0.39, 0.29) is 6.04 Å². The van der Waals surface area contributed by atoms with Gasteiger partial charge < -0.3 is 10.5 Å². The first kappa shape index (κ1) is 16.1. The summed E-state index contributed by atoms with van der Waals surface area (Å²) in [6.07, 6.45) is 2.84. The summed E-state index contributed by atoms with van der Waals surface area (Å²) in [7, 11) is -3.40. The minimum Gasteiger partial charge on any atom is -0.379 e. The van der Waals surface area contributed by atoms with Crippen molar-refractivity contribution in [2.75, 3.05) is 52.5 Å². The Hall–Kier alpha value is -0.250. The van der Waals surface area contributed by atoms with Crippen molar-refractivity contribution in [3.8, 4) is 0 Å². The summed E-state index contributed by atoms with van der Waals surface area (Å²) < 4.78 is 34.1. The maximum absolute atomic E-state index is 12.3. The maximum atomic E-state index is 12.3. The first-order valence-corrected chi connectivity index (χ1v) is 8.84. The van der Waals surface area contributed by atoms with E-state index in [0.717, 1.165) is 52.1 Å². The van der Waals surface area contributed by atoms with Crippen molar-refractivity contribution in [3.05, 3.63) is 0 Å². The third-order valence-electron chi connectivity index (χ3n) is 3.97. The van der Waals surface area contributed by atoms with E-state index in [1.165, 1.54) is 4.31 Å². The Bertz CT molecular complexity index is 384. The van der Waals surface area contributed by atoms with Gasteiger partial charge in [0.05, 0.1) is 13.2 Å². The van der Waals surface area contributed by atoms with Crippen molar-refractivity contribution in [3.63, 3.8) is 0 Å². The van der Waals surface area contributed by atoms with Crippen LogP contribution in [0.3, 0.4) is 0 Å². The number of hydrogen-bond donors (Lipinski definition) is 2. The van der Waals surface area contributed by atoms with Crippen LogP contribution in [0.2, 0.25) is 0 Å². The second-order valence-electron chi connectivity index (χ2n) is 5.35. The molecule has 2 fully saturated rings. The smallest absolute Gasteiger partial charge is 0.279 e. The number of nitrogens with two attached hydrogens (primary N) is 1. The Morgan fingerprint density at radius 1 is 1.20 bits per heavy atom. The van der Waals surface area contributed by atoms with Gasteiger partial charge in [-0.15, -0.1) is 0 Å². The van der Waals surface area contributed by atoms with Crippen molar-refractivity contribution >= 4 is 10.2 Å². The fourth-order valence-corrected chi connectivity index (χ4v) is 4.23. The molecule has 1 unspecified atom stereocenters. The summed E-state index contributed by atoms with van der Waals surface area (Å²) in [6.45, 7) is 5.34. The number of hydrogen-bond acceptors (Lipinski definition) is 5. The van der Waals surface area contributed by atoms with Crippen molar-refractivity contribution < 1.29 is 13.2 Å². The van der Waals surface area contributed by atoms with Gasteiger partial charge in [0.15, 0.2) is 0 Å². The van der Waals surface area contributed by atoms with E-state index in [0.29, 0.717) is 19.6 Å². The van der Waals surface area contributed by atoms with E-state index in [2.05, 4.69) is 9.62 Å². The van der Waals surface area contributed by atoms with E-state index in [9.17, 15) is 8.42 Å². The largest absolute Gasteiger partial charge is 0.379 e. The molecule has 0 aromatic heterocycles. The van der Waals surface area contributed by atoms with Crippen LogP contribution in [0.1, 0.15) is 19.3 Å². The van der Waals surface area contributed by atoms with Crippen molar-refractivity contribution in [2.45, 2.75) is 25.3 Å². The zero-order valence-corrected chi connectivity index (χ0v) is 12.8. The summed E-state index contributed by atoms with van der Waals surface area (Å²) in [5.41, 5.74) is 5.68. The molecule has 0 saturated carbocycles. The highest BCUT2D eigenvalue weighted by atomic mass is 32.2. The number of ether oxygens (including phenoxy) is 1. The molecule has 0 aromatic rings. The summed E-state index contributed by atoms with van der Waals surface area (Å²) in [5, 5.41) is 0. The third-order valence-corrected chi connectivity index (χ3v) is 5.64. The normalized spacial score (nSPS) is 26.8. The molecule has 0 spiro atoms. The van der Waals surface area contributed by atoms with Crippen LogP contribution in [0.4, 0.5) is 0 Å². The molecular formula is C12H26N4O3S. The van der Waals surface area contributed by atoms with Crippen LogP contribution in [-0.4, -0.2) is 76.1 Å². The predicted octanol–water partition coefficient (Wildman–Crippen LogP) is -1.03. The van der Waals surface area contributed by atoms with Gasteiger partial charge in [-0.25, -0.2) is 4.72 Å². The van der Waals surface area contributed by atoms with Gasteiger partial charge in [-0.05, 0) is 12.8 Å². The average molecular weight is 306 g/mol. The van der Waals surface area contributed by atoms with Gasteiger partial charge in [0.1, 0.15) is 0 Å². The lowest BCUT2D eigenvalue weighted by Gasteiger charge is -2.34. The summed E-state index contributed by atoms with van der Waals surface area (Å²) in [6, 6.07) is -0.0513. The van der Waals surface area contributed by atoms with Crippen LogP contribution in [-0.2, 0) is 14.9 Å². The molecule has 2 rings (SSSR count). The molecule has 0 amide bonds. The van der Waals surface area contributed by atoms with E-state index in [4.69, 9.17) is 10.5 Å². The van der Waals surface area contributed by atoms with Gasteiger partial charge in [0.2, 0.25) is 0 Å². The molecule has 7 nitrogen and oxygen atoms in total. The van der Waals surface area contributed by atoms with Crippen LogP contribution < -0.4 is 10.5 Å². The van der Waals surface area contributed by atoms with Crippen molar-refractivity contribution in [2.24, 2.45) is 5.73 Å². The van der Waals surface area contributed by atoms with Gasteiger partial charge in [-0.2, -0.15) is 12.7 Å². The number of morpholine rings is 1. The average Bonchev–Trinajstić information content (AvgIpc) is 2.48. The van der Waals surface area contributed by atoms with Gasteiger partial charge >= 0.3 is 0 Å². The van der Waals surface area contributed by atoms with Gasteiger partial charge in [0.25, 0.3) is 10.2 Å². The molecule has 2 saturated heterocycles. The zero-order chi connectivity index (χ0) is 14.4. The standard InChI is InChI=1S/C12H26N4O3S/c13-11-12-3-1-2-5-16(12)20(17,18)14-4-6-15-7-9-19-10-8-15/h12,14H,1-11,13H2. The number of rotatable bonds is 6. The number of nitrogens with zero attached hydrogens (tertiary/aromatic N) is 2. The summed E-state index contributed by atoms with van der Waals surface area (Å²) in [4.78, 5) is 2.21. The molecular weight excluding hydrogens is 280 g/mol. The Labute approximate surface area is 121 Å². The minimum absolute atomic E-state index is 0.0513. The lowest BCUT2D eigenvalue weighted by atomic mass is 10.1. The minimum atomic E-state index is -3.40. The molecule has 8 heteroatoms. The predicted molar refractivity (Wildman–Crippen MR) is 77.6 cm³/mol. The number of nitrogens with one attached hydrogen (secondary N) is 1. The fraction of sp³-hybridized carbons (Fsp3) is 1.00. The Morgan fingerprint density at radius 2 is 1.95 bits per heavy atom. The van der Waals surface area contributed by atoms with E-state index in [1.54, 1.807) is 0 Å². The molecule has 2 heterocycles. The lowest BCUT2D eigenvalue weighted by molar-refractivity contribution is 0.0389. The van der Waals surface area contributed by atoms with E-state index < -0.39 is 10.2 Å². The lowest BCUT2D eigenvalue weighted by Crippen LogP contribution is -2.52. The second kappa shape index (κ2) is 7.67. The summed E-state index contributed by atoms with van der Waals surface area (Å²) >= 11 is 0. The molecule has 0 radical (unpaired) electrons. The highest BCUT2D eigenvalue weighted by molar-refractivity contribution is 7.87. The molecule has 118 valence electrons. The molecule has 0 aliphatic carbocycles. The first-order valence-electron chi connectivity index (χ1n) is 7.40. The van der Waals surface area contributed by atoms with Gasteiger partial charge in [-0.1, -0.05) is 6.42 Å². The monoisotopic (exact) mass is 306 g/mol. The van der Waals surface area contributed by atoms with Crippen molar-refractivity contribution in [1.82, 2.24) is 13.9 Å². The maximum Gasteiger partial charge on any atom is 0.279 e. The summed E-state index contributed by atoms with van der Waals surface area (Å²) in [5.74, 6) is 0. The molecule has 2 aliphatic heterocycles. The zero-order valence-electron chi connectivity index (χ0n) is 12.0. The quantitative estimate of drug-likeness (QED) is 0.655. The van der Waals surface area contributed by atoms with Crippen LogP contribution in [0.15, 0.2) is 0 Å². The van der Waals surface area contributed by atoms with Crippen LogP contribution >= 0.6 is 0 Å². The topological polar surface area (TPSA) is 87.9 Å². The van der Waals surface area contributed by atoms with E-state index >= 15 is 0 Å². The molecule has 2 aliphatic rings. The Balaban J connectivity index is 1.80. The second-order valence-corrected chi connectivity index (χ2v) is 7.06. The highest BCUT2D eigenvalue weighted by Gasteiger charge is 2.31. The van der Waals surface area contributed by atoms with Crippen molar-refractivity contribution in [1.29, 1.82) is 0 Å². The molecule has 20 heavy (non-hydrogen) atoms. The van der Waals surface area contributed by atoms with Crippen LogP contribution in [0.25, 0.3) is 0 Å². The molecule has 3 N–H and O–H groups in total. The Morgan fingerprint density at radius 3 is 2.65 bits per heavy atom. The van der Waals surface area contributed by atoms with Gasteiger partial charge in [0, 0.05) is 45.3 Å². The fourth-order valence-electron chi connectivity index (χ4n) is 2.77. The Kier molecular flexibility index (Phi) is 6.19. The van der Waals surface area contributed by atoms with E-state index in [1.807, 2.05) is 0 Å². The van der Waals surface area contributed by atoms with Crippen LogP contribution in [0.5, 0.6) is 0 Å². The highest BCUT2D eigenvalue weighted by Crippen LogP contribution is 2.18. The first-order chi connectivity index (χ1) is 9.63. The van der Waals surface area contributed by atoms with Gasteiger partial charge in [-0.3, -0.25) is 4.90 Å². The number of piperidine rings is 1.